The molecule has 0 spiro atoms. The highest BCUT2D eigenvalue weighted by molar-refractivity contribution is 7.89. The Morgan fingerprint density at radius 1 is 1.24 bits per heavy atom. The second kappa shape index (κ2) is 6.64. The minimum atomic E-state index is -3.74. The van der Waals surface area contributed by atoms with Crippen LogP contribution in [0.1, 0.15) is 12.5 Å². The minimum Gasteiger partial charge on any atom is -0.384 e. The monoisotopic (exact) mass is 309 g/mol. The van der Waals surface area contributed by atoms with E-state index in [1.54, 1.807) is 18.3 Å². The summed E-state index contributed by atoms with van der Waals surface area (Å²) in [4.78, 5) is 3.93. The standard InChI is InChI=1S/C14H16FN3O2S/c1-2-17-12-7-13(10-16-9-12)21(19,20)18-8-11-5-3-4-6-14(11)15/h3-7,9-10,17-18H,2,8H2,1H3. The van der Waals surface area contributed by atoms with Gasteiger partial charge in [-0.3, -0.25) is 4.98 Å². The highest BCUT2D eigenvalue weighted by Gasteiger charge is 2.15. The third-order valence-electron chi connectivity index (χ3n) is 2.81. The Morgan fingerprint density at radius 3 is 2.71 bits per heavy atom. The molecule has 2 rings (SSSR count). The summed E-state index contributed by atoms with van der Waals surface area (Å²) in [7, 11) is -3.74. The van der Waals surface area contributed by atoms with Crippen LogP contribution >= 0.6 is 0 Å². The summed E-state index contributed by atoms with van der Waals surface area (Å²) in [6, 6.07) is 7.51. The summed E-state index contributed by atoms with van der Waals surface area (Å²) in [6.45, 7) is 2.45. The van der Waals surface area contributed by atoms with Gasteiger partial charge in [0, 0.05) is 24.8 Å². The molecule has 5 nitrogen and oxygen atoms in total. The lowest BCUT2D eigenvalue weighted by molar-refractivity contribution is 0.574. The van der Waals surface area contributed by atoms with Crippen LogP contribution in [0.15, 0.2) is 47.6 Å². The van der Waals surface area contributed by atoms with E-state index in [1.165, 1.54) is 24.4 Å². The zero-order valence-electron chi connectivity index (χ0n) is 11.5. The molecule has 2 N–H and O–H groups in total. The molecule has 7 heteroatoms. The normalized spacial score (nSPS) is 11.3. The maximum absolute atomic E-state index is 13.5. The SMILES string of the molecule is CCNc1cncc(S(=O)(=O)NCc2ccccc2F)c1. The quantitative estimate of drug-likeness (QED) is 0.857. The van der Waals surface area contributed by atoms with E-state index in [2.05, 4.69) is 15.0 Å². The lowest BCUT2D eigenvalue weighted by Gasteiger charge is -2.09. The van der Waals surface area contributed by atoms with Crippen LogP contribution in [-0.4, -0.2) is 19.9 Å². The van der Waals surface area contributed by atoms with Gasteiger partial charge in [-0.15, -0.1) is 0 Å². The van der Waals surface area contributed by atoms with Crippen molar-refractivity contribution >= 4 is 15.7 Å². The first-order chi connectivity index (χ1) is 10.0. The van der Waals surface area contributed by atoms with Gasteiger partial charge < -0.3 is 5.32 Å². The Hall–Kier alpha value is -1.99. The van der Waals surface area contributed by atoms with E-state index in [1.807, 2.05) is 6.92 Å². The Morgan fingerprint density at radius 2 is 2.00 bits per heavy atom. The van der Waals surface area contributed by atoms with Crippen molar-refractivity contribution in [3.05, 3.63) is 54.1 Å². The molecule has 21 heavy (non-hydrogen) atoms. The first kappa shape index (κ1) is 15.4. The number of hydrogen-bond donors (Lipinski definition) is 2. The molecule has 0 unspecified atom stereocenters. The number of rotatable bonds is 6. The zero-order chi connectivity index (χ0) is 15.3. The molecule has 2 aromatic rings. The second-order valence-corrected chi connectivity index (χ2v) is 6.12. The molecule has 0 aliphatic carbocycles. The number of halogens is 1. The van der Waals surface area contributed by atoms with E-state index in [4.69, 9.17) is 0 Å². The van der Waals surface area contributed by atoms with Crippen LogP contribution in [0, 0.1) is 5.82 Å². The molecule has 0 bridgehead atoms. The van der Waals surface area contributed by atoms with Crippen LogP contribution in [-0.2, 0) is 16.6 Å². The maximum atomic E-state index is 13.5. The molecule has 0 fully saturated rings. The molecule has 1 heterocycles. The Labute approximate surface area is 123 Å². The average molecular weight is 309 g/mol. The van der Waals surface area contributed by atoms with Gasteiger partial charge in [-0.2, -0.15) is 0 Å². The Bertz CT molecular complexity index is 720. The van der Waals surface area contributed by atoms with Crippen molar-refractivity contribution in [2.45, 2.75) is 18.4 Å². The zero-order valence-corrected chi connectivity index (χ0v) is 12.3. The van der Waals surface area contributed by atoms with Crippen LogP contribution in [0.2, 0.25) is 0 Å². The highest BCUT2D eigenvalue weighted by Crippen LogP contribution is 2.14. The van der Waals surface area contributed by atoms with Gasteiger partial charge in [-0.05, 0) is 19.1 Å². The molecule has 0 aliphatic heterocycles. The van der Waals surface area contributed by atoms with E-state index in [0.717, 1.165) is 0 Å². The molecule has 1 aromatic carbocycles. The van der Waals surface area contributed by atoms with Crippen molar-refractivity contribution in [2.75, 3.05) is 11.9 Å². The molecule has 1 aromatic heterocycles. The summed E-state index contributed by atoms with van der Waals surface area (Å²) >= 11 is 0. The number of hydrogen-bond acceptors (Lipinski definition) is 4. The fourth-order valence-electron chi connectivity index (χ4n) is 1.76. The predicted octanol–water partition coefficient (Wildman–Crippen LogP) is 2.13. The van der Waals surface area contributed by atoms with Crippen LogP contribution in [0.25, 0.3) is 0 Å². The molecule has 0 atom stereocenters. The third kappa shape index (κ3) is 3.99. The summed E-state index contributed by atoms with van der Waals surface area (Å²) in [5, 5.41) is 2.99. The van der Waals surface area contributed by atoms with Gasteiger partial charge in [-0.25, -0.2) is 17.5 Å². The number of sulfonamides is 1. The topological polar surface area (TPSA) is 71.1 Å². The predicted molar refractivity (Wildman–Crippen MR) is 78.8 cm³/mol. The Kier molecular flexibility index (Phi) is 4.87. The van der Waals surface area contributed by atoms with E-state index in [9.17, 15) is 12.8 Å². The maximum Gasteiger partial charge on any atom is 0.242 e. The first-order valence-electron chi connectivity index (χ1n) is 6.45. The van der Waals surface area contributed by atoms with Crippen LogP contribution in [0.4, 0.5) is 10.1 Å². The van der Waals surface area contributed by atoms with Crippen molar-refractivity contribution < 1.29 is 12.8 Å². The van der Waals surface area contributed by atoms with Gasteiger partial charge in [0.05, 0.1) is 11.9 Å². The minimum absolute atomic E-state index is 0.0392. The van der Waals surface area contributed by atoms with Gasteiger partial charge in [0.25, 0.3) is 0 Å². The number of nitrogens with one attached hydrogen (secondary N) is 2. The summed E-state index contributed by atoms with van der Waals surface area (Å²) in [5.74, 6) is -0.445. The molecule has 0 saturated carbocycles. The van der Waals surface area contributed by atoms with Crippen LogP contribution in [0.3, 0.4) is 0 Å². The lowest BCUT2D eigenvalue weighted by atomic mass is 10.2. The average Bonchev–Trinajstić information content (AvgIpc) is 2.47. The van der Waals surface area contributed by atoms with Gasteiger partial charge in [0.1, 0.15) is 10.7 Å². The molecule has 0 aliphatic rings. The van der Waals surface area contributed by atoms with Gasteiger partial charge in [0.2, 0.25) is 10.0 Å². The number of benzene rings is 1. The van der Waals surface area contributed by atoms with Crippen molar-refractivity contribution in [2.24, 2.45) is 0 Å². The van der Waals surface area contributed by atoms with Crippen LogP contribution in [0.5, 0.6) is 0 Å². The van der Waals surface area contributed by atoms with Crippen molar-refractivity contribution in [1.29, 1.82) is 0 Å². The highest BCUT2D eigenvalue weighted by atomic mass is 32.2. The smallest absolute Gasteiger partial charge is 0.242 e. The van der Waals surface area contributed by atoms with Crippen molar-refractivity contribution in [1.82, 2.24) is 9.71 Å². The number of pyridine rings is 1. The molecule has 0 amide bonds. The first-order valence-corrected chi connectivity index (χ1v) is 7.93. The number of anilines is 1. The summed E-state index contributed by atoms with van der Waals surface area (Å²) in [6.07, 6.45) is 2.80. The van der Waals surface area contributed by atoms with E-state index in [-0.39, 0.29) is 17.0 Å². The molecule has 112 valence electrons. The number of nitrogens with zero attached hydrogens (tertiary/aromatic N) is 1. The molecule has 0 saturated heterocycles. The van der Waals surface area contributed by atoms with E-state index in [0.29, 0.717) is 12.2 Å². The van der Waals surface area contributed by atoms with Gasteiger partial charge in [0.15, 0.2) is 0 Å². The van der Waals surface area contributed by atoms with E-state index < -0.39 is 15.8 Å². The lowest BCUT2D eigenvalue weighted by Crippen LogP contribution is -2.24. The number of aromatic nitrogens is 1. The summed E-state index contributed by atoms with van der Waals surface area (Å²) < 4.78 is 40.2. The van der Waals surface area contributed by atoms with E-state index >= 15 is 0 Å². The summed E-state index contributed by atoms with van der Waals surface area (Å²) in [5.41, 5.74) is 0.906. The van der Waals surface area contributed by atoms with Gasteiger partial charge in [-0.1, -0.05) is 18.2 Å². The third-order valence-corrected chi connectivity index (χ3v) is 4.18. The van der Waals surface area contributed by atoms with Crippen molar-refractivity contribution in [3.63, 3.8) is 0 Å². The second-order valence-electron chi connectivity index (χ2n) is 4.36. The molecular formula is C14H16FN3O2S. The fraction of sp³-hybridized carbons (Fsp3) is 0.214. The fourth-order valence-corrected chi connectivity index (χ4v) is 2.76. The molecular weight excluding hydrogens is 293 g/mol. The Balaban J connectivity index is 2.15. The molecule has 0 radical (unpaired) electrons. The van der Waals surface area contributed by atoms with Gasteiger partial charge >= 0.3 is 0 Å². The van der Waals surface area contributed by atoms with Crippen LogP contribution < -0.4 is 10.0 Å². The largest absolute Gasteiger partial charge is 0.384 e. The van der Waals surface area contributed by atoms with Crippen molar-refractivity contribution in [3.8, 4) is 0 Å².